The lowest BCUT2D eigenvalue weighted by Gasteiger charge is -2.16. The smallest absolute Gasteiger partial charge is 0.251 e. The third-order valence-electron chi connectivity index (χ3n) is 3.07. The van der Waals surface area contributed by atoms with Crippen LogP contribution in [-0.4, -0.2) is 24.4 Å². The Kier molecular flexibility index (Phi) is 4.02. The molecular formula is C14H15ClN2O2. The third-order valence-corrected chi connectivity index (χ3v) is 3.48. The van der Waals surface area contributed by atoms with Crippen LogP contribution in [0.2, 0.25) is 5.02 Å². The molecule has 1 saturated heterocycles. The number of aryl methyl sites for hydroxylation is 1. The molecule has 1 fully saturated rings. The molecule has 0 aliphatic carbocycles. The number of amides is 2. The van der Waals surface area contributed by atoms with Crippen molar-refractivity contribution in [3.8, 4) is 0 Å². The van der Waals surface area contributed by atoms with Crippen LogP contribution in [0.25, 0.3) is 0 Å². The highest BCUT2D eigenvalue weighted by atomic mass is 35.5. The second-order valence-electron chi connectivity index (χ2n) is 4.45. The SMILES string of the molecule is C=CCNC1CC(=O)N(c2ccc(C)c(Cl)c2)C1=O. The van der Waals surface area contributed by atoms with Gasteiger partial charge in [0.1, 0.15) is 0 Å². The fourth-order valence-electron chi connectivity index (χ4n) is 2.01. The Hall–Kier alpha value is -1.65. The average Bonchev–Trinajstić information content (AvgIpc) is 2.65. The fraction of sp³-hybridized carbons (Fsp3) is 0.286. The van der Waals surface area contributed by atoms with Crippen molar-refractivity contribution in [1.29, 1.82) is 0 Å². The minimum absolute atomic E-state index is 0.165. The first kappa shape index (κ1) is 13.8. The van der Waals surface area contributed by atoms with Gasteiger partial charge in [-0.1, -0.05) is 23.7 Å². The van der Waals surface area contributed by atoms with Crippen LogP contribution in [0.15, 0.2) is 30.9 Å². The predicted molar refractivity (Wildman–Crippen MR) is 75.3 cm³/mol. The van der Waals surface area contributed by atoms with Gasteiger partial charge in [-0.05, 0) is 24.6 Å². The van der Waals surface area contributed by atoms with Crippen LogP contribution in [0.1, 0.15) is 12.0 Å². The van der Waals surface area contributed by atoms with Gasteiger partial charge in [-0.3, -0.25) is 9.59 Å². The summed E-state index contributed by atoms with van der Waals surface area (Å²) in [5.41, 5.74) is 1.43. The molecule has 4 nitrogen and oxygen atoms in total. The number of carbonyl (C=O) groups is 2. The van der Waals surface area contributed by atoms with Gasteiger partial charge >= 0.3 is 0 Å². The summed E-state index contributed by atoms with van der Waals surface area (Å²) >= 11 is 6.03. The number of anilines is 1. The number of carbonyl (C=O) groups excluding carboxylic acids is 2. The van der Waals surface area contributed by atoms with E-state index in [1.54, 1.807) is 24.3 Å². The molecule has 1 atom stereocenters. The van der Waals surface area contributed by atoms with E-state index in [0.29, 0.717) is 17.3 Å². The molecule has 1 aromatic carbocycles. The summed E-state index contributed by atoms with van der Waals surface area (Å²) in [5.74, 6) is -0.460. The van der Waals surface area contributed by atoms with E-state index in [9.17, 15) is 9.59 Å². The van der Waals surface area contributed by atoms with Crippen molar-refractivity contribution in [3.63, 3.8) is 0 Å². The summed E-state index contributed by atoms with van der Waals surface area (Å²) in [6, 6.07) is 4.68. The van der Waals surface area contributed by atoms with Gasteiger partial charge in [0.2, 0.25) is 5.91 Å². The molecule has 1 unspecified atom stereocenters. The highest BCUT2D eigenvalue weighted by molar-refractivity contribution is 6.32. The third kappa shape index (κ3) is 2.69. The van der Waals surface area contributed by atoms with E-state index in [1.807, 2.05) is 6.92 Å². The van der Waals surface area contributed by atoms with Crippen LogP contribution in [-0.2, 0) is 9.59 Å². The van der Waals surface area contributed by atoms with Crippen LogP contribution in [0.3, 0.4) is 0 Å². The summed E-state index contributed by atoms with van der Waals surface area (Å²) in [6.45, 7) is 5.94. The van der Waals surface area contributed by atoms with Gasteiger partial charge in [0.15, 0.2) is 0 Å². The monoisotopic (exact) mass is 278 g/mol. The normalized spacial score (nSPS) is 19.1. The maximum atomic E-state index is 12.2. The van der Waals surface area contributed by atoms with E-state index in [4.69, 9.17) is 11.6 Å². The van der Waals surface area contributed by atoms with Crippen molar-refractivity contribution in [2.45, 2.75) is 19.4 Å². The van der Waals surface area contributed by atoms with E-state index in [0.717, 1.165) is 5.56 Å². The molecule has 0 bridgehead atoms. The van der Waals surface area contributed by atoms with Gasteiger partial charge in [0.05, 0.1) is 18.2 Å². The van der Waals surface area contributed by atoms with Crippen LogP contribution >= 0.6 is 11.6 Å². The minimum atomic E-state index is -0.481. The van der Waals surface area contributed by atoms with Gasteiger partial charge < -0.3 is 5.32 Å². The standard InChI is InChI=1S/C14H15ClN2O2/c1-3-6-16-12-8-13(18)17(14(12)19)10-5-4-9(2)11(15)7-10/h3-5,7,12,16H,1,6,8H2,2H3. The van der Waals surface area contributed by atoms with Gasteiger partial charge in [-0.2, -0.15) is 0 Å². The first-order valence-corrected chi connectivity index (χ1v) is 6.39. The Morgan fingerprint density at radius 3 is 2.89 bits per heavy atom. The molecule has 1 aliphatic rings. The molecule has 1 heterocycles. The van der Waals surface area contributed by atoms with Gasteiger partial charge in [0, 0.05) is 11.6 Å². The van der Waals surface area contributed by atoms with E-state index in [2.05, 4.69) is 11.9 Å². The summed E-state index contributed by atoms with van der Waals surface area (Å²) in [4.78, 5) is 25.3. The maximum absolute atomic E-state index is 12.2. The summed E-state index contributed by atoms with van der Waals surface area (Å²) in [6.07, 6.45) is 1.82. The van der Waals surface area contributed by atoms with Gasteiger partial charge in [-0.25, -0.2) is 4.90 Å². The molecule has 0 spiro atoms. The van der Waals surface area contributed by atoms with Crippen LogP contribution in [0, 0.1) is 6.92 Å². The second kappa shape index (κ2) is 5.55. The largest absolute Gasteiger partial charge is 0.302 e. The number of nitrogens with zero attached hydrogens (tertiary/aromatic N) is 1. The molecular weight excluding hydrogens is 264 g/mol. The zero-order valence-electron chi connectivity index (χ0n) is 10.6. The molecule has 0 aromatic heterocycles. The van der Waals surface area contributed by atoms with Crippen LogP contribution in [0.5, 0.6) is 0 Å². The number of rotatable bonds is 4. The zero-order valence-corrected chi connectivity index (χ0v) is 11.4. The zero-order chi connectivity index (χ0) is 14.0. The van der Waals surface area contributed by atoms with Crippen LogP contribution in [0.4, 0.5) is 5.69 Å². The molecule has 1 N–H and O–H groups in total. The van der Waals surface area contributed by atoms with E-state index in [1.165, 1.54) is 4.90 Å². The summed E-state index contributed by atoms with van der Waals surface area (Å²) in [7, 11) is 0. The molecule has 2 amide bonds. The maximum Gasteiger partial charge on any atom is 0.251 e. The van der Waals surface area contributed by atoms with Crippen LogP contribution < -0.4 is 10.2 Å². The number of nitrogens with one attached hydrogen (secondary N) is 1. The van der Waals surface area contributed by atoms with E-state index < -0.39 is 6.04 Å². The molecule has 0 saturated carbocycles. The Balaban J connectivity index is 2.24. The number of hydrogen-bond acceptors (Lipinski definition) is 3. The molecule has 100 valence electrons. The first-order chi connectivity index (χ1) is 9.04. The molecule has 1 aliphatic heterocycles. The van der Waals surface area contributed by atoms with Gasteiger partial charge in [-0.15, -0.1) is 6.58 Å². The Morgan fingerprint density at radius 2 is 2.26 bits per heavy atom. The molecule has 5 heteroatoms. The van der Waals surface area contributed by atoms with Crippen molar-refractivity contribution in [2.75, 3.05) is 11.4 Å². The lowest BCUT2D eigenvalue weighted by Crippen LogP contribution is -2.38. The number of hydrogen-bond donors (Lipinski definition) is 1. The highest BCUT2D eigenvalue weighted by Crippen LogP contribution is 2.27. The highest BCUT2D eigenvalue weighted by Gasteiger charge is 2.39. The summed E-state index contributed by atoms with van der Waals surface area (Å²) in [5, 5.41) is 3.52. The Labute approximate surface area is 117 Å². The lowest BCUT2D eigenvalue weighted by atomic mass is 10.2. The Bertz CT molecular complexity index is 542. The second-order valence-corrected chi connectivity index (χ2v) is 4.86. The van der Waals surface area contributed by atoms with Crippen molar-refractivity contribution in [1.82, 2.24) is 5.32 Å². The molecule has 19 heavy (non-hydrogen) atoms. The van der Waals surface area contributed by atoms with Gasteiger partial charge in [0.25, 0.3) is 5.91 Å². The van der Waals surface area contributed by atoms with Crippen molar-refractivity contribution in [2.24, 2.45) is 0 Å². The minimum Gasteiger partial charge on any atom is -0.302 e. The van der Waals surface area contributed by atoms with Crippen molar-refractivity contribution < 1.29 is 9.59 Å². The van der Waals surface area contributed by atoms with E-state index >= 15 is 0 Å². The lowest BCUT2D eigenvalue weighted by molar-refractivity contribution is -0.121. The van der Waals surface area contributed by atoms with Crippen molar-refractivity contribution in [3.05, 3.63) is 41.4 Å². The first-order valence-electron chi connectivity index (χ1n) is 6.02. The fourth-order valence-corrected chi connectivity index (χ4v) is 2.18. The Morgan fingerprint density at radius 1 is 1.53 bits per heavy atom. The predicted octanol–water partition coefficient (Wildman–Crippen LogP) is 2.06. The topological polar surface area (TPSA) is 49.4 Å². The number of imide groups is 1. The average molecular weight is 279 g/mol. The summed E-state index contributed by atoms with van der Waals surface area (Å²) < 4.78 is 0. The number of halogens is 1. The molecule has 1 aromatic rings. The van der Waals surface area contributed by atoms with Crippen molar-refractivity contribution >= 4 is 29.1 Å². The number of benzene rings is 1. The quantitative estimate of drug-likeness (QED) is 0.677. The molecule has 2 rings (SSSR count). The van der Waals surface area contributed by atoms with E-state index in [-0.39, 0.29) is 18.2 Å². The molecule has 0 radical (unpaired) electrons.